The molecule has 32 heavy (non-hydrogen) atoms. The molecule has 188 valence electrons. The van der Waals surface area contributed by atoms with Crippen molar-refractivity contribution in [1.82, 2.24) is 21.3 Å². The maximum Gasteiger partial charge on any atom is 0.471 e. The molecular weight excluding hydrogens is 429 g/mol. The SMILES string of the molecule is CCC(=O)[C@H](CCCCNC(=O)C(F)(F)F)NC(O)CNC(=O)[C@@H](NC(C)C)C(C)CC. The van der Waals surface area contributed by atoms with Gasteiger partial charge in [-0.15, -0.1) is 0 Å². The van der Waals surface area contributed by atoms with E-state index in [1.807, 2.05) is 27.7 Å². The molecule has 2 unspecified atom stereocenters. The van der Waals surface area contributed by atoms with Gasteiger partial charge < -0.3 is 21.1 Å². The summed E-state index contributed by atoms with van der Waals surface area (Å²) >= 11 is 0. The van der Waals surface area contributed by atoms with Crippen molar-refractivity contribution >= 4 is 17.6 Å². The molecule has 0 aromatic carbocycles. The average Bonchev–Trinajstić information content (AvgIpc) is 2.72. The number of unbranched alkanes of at least 4 members (excludes halogenated alkanes) is 1. The Labute approximate surface area is 188 Å². The van der Waals surface area contributed by atoms with E-state index in [1.54, 1.807) is 12.2 Å². The van der Waals surface area contributed by atoms with E-state index in [1.165, 1.54) is 0 Å². The smallest absolute Gasteiger partial charge is 0.377 e. The minimum Gasteiger partial charge on any atom is -0.377 e. The van der Waals surface area contributed by atoms with Crippen LogP contribution < -0.4 is 21.3 Å². The molecule has 0 aliphatic carbocycles. The summed E-state index contributed by atoms with van der Waals surface area (Å²) in [6.07, 6.45) is -4.16. The predicted molar refractivity (Wildman–Crippen MR) is 116 cm³/mol. The van der Waals surface area contributed by atoms with E-state index in [0.29, 0.717) is 6.42 Å². The number of halogens is 3. The standard InChI is InChI=1S/C21H39F3N4O4/c1-6-14(5)18(27-13(3)4)19(31)26-12-17(30)28-15(16(29)7-2)10-8-9-11-25-20(32)21(22,23)24/h13-15,17-18,27-28,30H,6-12H2,1-5H3,(H,25,32)(H,26,31)/t14?,15-,17?,18-/m0/s1. The van der Waals surface area contributed by atoms with Crippen molar-refractivity contribution in [2.24, 2.45) is 5.92 Å². The Morgan fingerprint density at radius 2 is 1.59 bits per heavy atom. The average molecular weight is 469 g/mol. The van der Waals surface area contributed by atoms with Gasteiger partial charge in [0.2, 0.25) is 5.91 Å². The first-order valence-electron chi connectivity index (χ1n) is 11.2. The van der Waals surface area contributed by atoms with Crippen molar-refractivity contribution in [3.63, 3.8) is 0 Å². The molecule has 0 aliphatic rings. The molecule has 0 saturated heterocycles. The number of carbonyl (C=O) groups is 3. The number of Topliss-reactive ketones (excluding diaryl/α,β-unsaturated/α-hetero) is 1. The number of ketones is 1. The molecule has 0 bridgehead atoms. The zero-order chi connectivity index (χ0) is 24.9. The number of aliphatic hydroxyl groups excluding tert-OH is 1. The third kappa shape index (κ3) is 12.4. The van der Waals surface area contributed by atoms with Gasteiger partial charge in [0, 0.05) is 19.0 Å². The maximum absolute atomic E-state index is 12.5. The van der Waals surface area contributed by atoms with E-state index < -0.39 is 30.4 Å². The van der Waals surface area contributed by atoms with Crippen molar-refractivity contribution in [2.45, 2.75) is 97.3 Å². The number of carbonyl (C=O) groups excluding carboxylic acids is 3. The number of hydrogen-bond acceptors (Lipinski definition) is 6. The summed E-state index contributed by atoms with van der Waals surface area (Å²) in [7, 11) is 0. The summed E-state index contributed by atoms with van der Waals surface area (Å²) in [5.41, 5.74) is 0. The maximum atomic E-state index is 12.5. The van der Waals surface area contributed by atoms with Crippen LogP contribution in [0.15, 0.2) is 0 Å². The van der Waals surface area contributed by atoms with Gasteiger partial charge in [-0.1, -0.05) is 41.0 Å². The van der Waals surface area contributed by atoms with E-state index in [-0.39, 0.29) is 56.0 Å². The first-order valence-corrected chi connectivity index (χ1v) is 11.2. The Kier molecular flexibility index (Phi) is 14.4. The number of nitrogens with one attached hydrogen (secondary N) is 4. The highest BCUT2D eigenvalue weighted by Gasteiger charge is 2.38. The van der Waals surface area contributed by atoms with Crippen molar-refractivity contribution in [3.05, 3.63) is 0 Å². The lowest BCUT2D eigenvalue weighted by Gasteiger charge is -2.27. The summed E-state index contributed by atoms with van der Waals surface area (Å²) < 4.78 is 36.5. The van der Waals surface area contributed by atoms with Crippen molar-refractivity contribution in [2.75, 3.05) is 13.1 Å². The van der Waals surface area contributed by atoms with Crippen LogP contribution in [-0.2, 0) is 14.4 Å². The number of amides is 2. The van der Waals surface area contributed by atoms with Gasteiger partial charge in [0.25, 0.3) is 0 Å². The zero-order valence-electron chi connectivity index (χ0n) is 19.6. The van der Waals surface area contributed by atoms with Gasteiger partial charge in [0.15, 0.2) is 0 Å². The highest BCUT2D eigenvalue weighted by molar-refractivity contribution is 5.84. The van der Waals surface area contributed by atoms with Gasteiger partial charge in [-0.05, 0) is 25.2 Å². The highest BCUT2D eigenvalue weighted by Crippen LogP contribution is 2.14. The molecule has 0 radical (unpaired) electrons. The molecule has 0 spiro atoms. The molecule has 5 N–H and O–H groups in total. The van der Waals surface area contributed by atoms with Gasteiger partial charge >= 0.3 is 12.1 Å². The van der Waals surface area contributed by atoms with Crippen LogP contribution in [0, 0.1) is 5.92 Å². The normalized spacial score (nSPS) is 15.7. The second-order valence-electron chi connectivity index (χ2n) is 8.23. The van der Waals surface area contributed by atoms with E-state index >= 15 is 0 Å². The summed E-state index contributed by atoms with van der Waals surface area (Å²) in [5, 5.41) is 20.7. The van der Waals surface area contributed by atoms with Gasteiger partial charge in [-0.25, -0.2) is 0 Å². The molecule has 0 aromatic rings. The number of alkyl halides is 3. The second kappa shape index (κ2) is 15.2. The molecule has 2 amide bonds. The molecule has 11 heteroatoms. The van der Waals surface area contributed by atoms with Gasteiger partial charge in [-0.2, -0.15) is 13.2 Å². The van der Waals surface area contributed by atoms with Crippen LogP contribution in [-0.4, -0.2) is 66.3 Å². The quantitative estimate of drug-likeness (QED) is 0.174. The largest absolute Gasteiger partial charge is 0.471 e. The number of hydrogen-bond donors (Lipinski definition) is 5. The second-order valence-corrected chi connectivity index (χ2v) is 8.23. The fourth-order valence-electron chi connectivity index (χ4n) is 3.05. The van der Waals surface area contributed by atoms with Crippen LogP contribution >= 0.6 is 0 Å². The van der Waals surface area contributed by atoms with Crippen LogP contribution in [0.3, 0.4) is 0 Å². The summed E-state index contributed by atoms with van der Waals surface area (Å²) in [4.78, 5) is 35.5. The van der Waals surface area contributed by atoms with E-state index in [0.717, 1.165) is 6.42 Å². The number of rotatable bonds is 16. The molecule has 8 nitrogen and oxygen atoms in total. The van der Waals surface area contributed by atoms with Crippen molar-refractivity contribution < 1.29 is 32.7 Å². The van der Waals surface area contributed by atoms with Crippen LogP contribution in [0.5, 0.6) is 0 Å². The van der Waals surface area contributed by atoms with Crippen molar-refractivity contribution in [1.29, 1.82) is 0 Å². The molecule has 0 heterocycles. The molecule has 0 saturated carbocycles. The molecule has 0 aromatic heterocycles. The summed E-state index contributed by atoms with van der Waals surface area (Å²) in [6, 6.07) is -1.01. The first kappa shape index (κ1) is 30.3. The Balaban J connectivity index is 4.59. The Hall–Kier alpha value is -1.72. The van der Waals surface area contributed by atoms with Crippen LogP contribution in [0.1, 0.15) is 66.7 Å². The van der Waals surface area contributed by atoms with Gasteiger partial charge in [-0.3, -0.25) is 19.7 Å². The van der Waals surface area contributed by atoms with Gasteiger partial charge in [0.05, 0.1) is 18.6 Å². The molecule has 0 aliphatic heterocycles. The zero-order valence-corrected chi connectivity index (χ0v) is 19.6. The van der Waals surface area contributed by atoms with Gasteiger partial charge in [0.1, 0.15) is 12.0 Å². The molecule has 4 atom stereocenters. The van der Waals surface area contributed by atoms with Crippen LogP contribution in [0.4, 0.5) is 13.2 Å². The monoisotopic (exact) mass is 468 g/mol. The van der Waals surface area contributed by atoms with Crippen molar-refractivity contribution in [3.8, 4) is 0 Å². The lowest BCUT2D eigenvalue weighted by Crippen LogP contribution is -2.54. The Bertz CT molecular complexity index is 588. The molecule has 0 rings (SSSR count). The van der Waals surface area contributed by atoms with Crippen LogP contribution in [0.2, 0.25) is 0 Å². The lowest BCUT2D eigenvalue weighted by molar-refractivity contribution is -0.173. The number of aliphatic hydroxyl groups is 1. The lowest BCUT2D eigenvalue weighted by atomic mass is 9.97. The molecule has 0 fully saturated rings. The minimum atomic E-state index is -4.92. The first-order chi connectivity index (χ1) is 14.8. The highest BCUT2D eigenvalue weighted by atomic mass is 19.4. The van der Waals surface area contributed by atoms with E-state index in [9.17, 15) is 32.7 Å². The fraction of sp³-hybridized carbons (Fsp3) is 0.857. The van der Waals surface area contributed by atoms with E-state index in [4.69, 9.17) is 0 Å². The molecular formula is C21H39F3N4O4. The predicted octanol–water partition coefficient (Wildman–Crippen LogP) is 1.62. The Morgan fingerprint density at radius 3 is 2.09 bits per heavy atom. The van der Waals surface area contributed by atoms with Crippen LogP contribution in [0.25, 0.3) is 0 Å². The Morgan fingerprint density at radius 1 is 0.969 bits per heavy atom. The van der Waals surface area contributed by atoms with E-state index in [2.05, 4.69) is 16.0 Å². The third-order valence-corrected chi connectivity index (χ3v) is 5.07. The summed E-state index contributed by atoms with van der Waals surface area (Å²) in [5.74, 6) is -2.30. The summed E-state index contributed by atoms with van der Waals surface area (Å²) in [6.45, 7) is 9.23. The topological polar surface area (TPSA) is 120 Å². The fourth-order valence-corrected chi connectivity index (χ4v) is 3.05. The third-order valence-electron chi connectivity index (χ3n) is 5.07. The minimum absolute atomic E-state index is 0.0924.